The molecular formula is C19H25NO2. The quantitative estimate of drug-likeness (QED) is 0.843. The monoisotopic (exact) mass is 299 g/mol. The van der Waals surface area contributed by atoms with E-state index in [1.165, 1.54) is 12.0 Å². The van der Waals surface area contributed by atoms with Crippen molar-refractivity contribution in [3.63, 3.8) is 0 Å². The molecule has 3 heteroatoms. The summed E-state index contributed by atoms with van der Waals surface area (Å²) in [5, 5.41) is 3.14. The van der Waals surface area contributed by atoms with Crippen LogP contribution < -0.4 is 10.1 Å². The minimum Gasteiger partial charge on any atom is -0.481 e. The molecular weight excluding hydrogens is 274 g/mol. The van der Waals surface area contributed by atoms with Gasteiger partial charge in [0.1, 0.15) is 5.75 Å². The average Bonchev–Trinajstić information content (AvgIpc) is 3.10. The van der Waals surface area contributed by atoms with Gasteiger partial charge in [-0.2, -0.15) is 0 Å². The van der Waals surface area contributed by atoms with Crippen LogP contribution in [0.3, 0.4) is 0 Å². The van der Waals surface area contributed by atoms with Crippen molar-refractivity contribution in [1.29, 1.82) is 0 Å². The van der Waals surface area contributed by atoms with Crippen molar-refractivity contribution >= 4 is 5.91 Å². The largest absolute Gasteiger partial charge is 0.481 e. The first-order valence-electron chi connectivity index (χ1n) is 8.28. The number of ether oxygens (including phenoxy) is 1. The van der Waals surface area contributed by atoms with E-state index in [0.29, 0.717) is 17.8 Å². The molecule has 4 unspecified atom stereocenters. The number of amides is 1. The molecule has 1 aromatic rings. The third-order valence-electron chi connectivity index (χ3n) is 4.84. The minimum atomic E-state index is -0.465. The number of carbonyl (C=O) groups excluding carboxylic acids is 1. The first-order chi connectivity index (χ1) is 10.5. The normalized spacial score (nSPS) is 27.2. The molecule has 0 spiro atoms. The maximum absolute atomic E-state index is 12.3. The van der Waals surface area contributed by atoms with Crippen LogP contribution in [0.4, 0.5) is 0 Å². The molecule has 1 amide bonds. The standard InChI is InChI=1S/C19H25NO2/c1-12(2)15-6-8-17(9-7-15)22-13(3)19(21)20-18-11-14-4-5-16(18)10-14/h4-9,12-14,16,18H,10-11H2,1-3H3,(H,20,21). The second-order valence-electron chi connectivity index (χ2n) is 6.88. The summed E-state index contributed by atoms with van der Waals surface area (Å²) in [5.74, 6) is 2.42. The molecule has 0 heterocycles. The number of hydrogen-bond acceptors (Lipinski definition) is 2. The number of allylic oxidation sites excluding steroid dienone is 1. The van der Waals surface area contributed by atoms with Crippen LogP contribution in [0.2, 0.25) is 0 Å². The van der Waals surface area contributed by atoms with Crippen LogP contribution in [0.5, 0.6) is 5.75 Å². The molecule has 0 saturated heterocycles. The number of carbonyl (C=O) groups is 1. The number of rotatable bonds is 5. The van der Waals surface area contributed by atoms with Crippen molar-refractivity contribution in [2.75, 3.05) is 0 Å². The van der Waals surface area contributed by atoms with Crippen molar-refractivity contribution < 1.29 is 9.53 Å². The molecule has 4 atom stereocenters. The highest BCUT2D eigenvalue weighted by Gasteiger charge is 2.37. The van der Waals surface area contributed by atoms with Gasteiger partial charge in [0.25, 0.3) is 5.91 Å². The fourth-order valence-electron chi connectivity index (χ4n) is 3.44. The summed E-state index contributed by atoms with van der Waals surface area (Å²) in [6.45, 7) is 6.14. The lowest BCUT2D eigenvalue weighted by atomic mass is 10.0. The number of benzene rings is 1. The Kier molecular flexibility index (Phi) is 4.23. The topological polar surface area (TPSA) is 38.3 Å². The van der Waals surface area contributed by atoms with Gasteiger partial charge in [-0.05, 0) is 55.2 Å². The number of hydrogen-bond donors (Lipinski definition) is 1. The predicted octanol–water partition coefficient (Wildman–Crippen LogP) is 3.66. The lowest BCUT2D eigenvalue weighted by Gasteiger charge is -2.22. The molecule has 3 nitrogen and oxygen atoms in total. The Labute approximate surface area is 132 Å². The van der Waals surface area contributed by atoms with Crippen molar-refractivity contribution in [2.45, 2.75) is 51.7 Å². The van der Waals surface area contributed by atoms with Crippen molar-refractivity contribution in [3.8, 4) is 5.75 Å². The molecule has 2 bridgehead atoms. The molecule has 1 aromatic carbocycles. The molecule has 2 aliphatic rings. The molecule has 0 radical (unpaired) electrons. The highest BCUT2D eigenvalue weighted by atomic mass is 16.5. The number of nitrogens with one attached hydrogen (secondary N) is 1. The van der Waals surface area contributed by atoms with Gasteiger partial charge in [0.05, 0.1) is 0 Å². The third kappa shape index (κ3) is 3.18. The Bertz CT molecular complexity index is 561. The Morgan fingerprint density at radius 1 is 1.14 bits per heavy atom. The van der Waals surface area contributed by atoms with E-state index in [0.717, 1.165) is 12.2 Å². The SMILES string of the molecule is CC(Oc1ccc(C(C)C)cc1)C(=O)NC1CC2C=CC1C2. The zero-order valence-electron chi connectivity index (χ0n) is 13.6. The maximum Gasteiger partial charge on any atom is 0.261 e. The molecule has 0 aromatic heterocycles. The molecule has 1 N–H and O–H groups in total. The van der Waals surface area contributed by atoms with E-state index in [4.69, 9.17) is 4.74 Å². The summed E-state index contributed by atoms with van der Waals surface area (Å²) in [6, 6.07) is 8.30. The molecule has 118 valence electrons. The van der Waals surface area contributed by atoms with Gasteiger partial charge in [0.15, 0.2) is 6.10 Å². The Hall–Kier alpha value is -1.77. The second-order valence-corrected chi connectivity index (χ2v) is 6.88. The molecule has 1 saturated carbocycles. The van der Waals surface area contributed by atoms with Crippen LogP contribution in [-0.4, -0.2) is 18.1 Å². The third-order valence-corrected chi connectivity index (χ3v) is 4.84. The summed E-state index contributed by atoms with van der Waals surface area (Å²) in [5.41, 5.74) is 1.28. The molecule has 0 aliphatic heterocycles. The fourth-order valence-corrected chi connectivity index (χ4v) is 3.44. The maximum atomic E-state index is 12.3. The molecule has 3 rings (SSSR count). The van der Waals surface area contributed by atoms with Gasteiger partial charge >= 0.3 is 0 Å². The van der Waals surface area contributed by atoms with Crippen molar-refractivity contribution in [1.82, 2.24) is 5.32 Å². The van der Waals surface area contributed by atoms with E-state index in [1.807, 2.05) is 19.1 Å². The van der Waals surface area contributed by atoms with Crippen LogP contribution in [0.15, 0.2) is 36.4 Å². The van der Waals surface area contributed by atoms with Gasteiger partial charge in [0, 0.05) is 6.04 Å². The summed E-state index contributed by atoms with van der Waals surface area (Å²) in [4.78, 5) is 12.3. The summed E-state index contributed by atoms with van der Waals surface area (Å²) in [6.07, 6.45) is 6.33. The van der Waals surface area contributed by atoms with E-state index >= 15 is 0 Å². The number of fused-ring (bicyclic) bond motifs is 2. The Morgan fingerprint density at radius 2 is 1.86 bits per heavy atom. The zero-order chi connectivity index (χ0) is 15.7. The van der Waals surface area contributed by atoms with Crippen molar-refractivity contribution in [3.05, 3.63) is 42.0 Å². The highest BCUT2D eigenvalue weighted by Crippen LogP contribution is 2.38. The van der Waals surface area contributed by atoms with Crippen LogP contribution in [0.1, 0.15) is 45.1 Å². The van der Waals surface area contributed by atoms with Gasteiger partial charge in [0.2, 0.25) is 0 Å². The fraction of sp³-hybridized carbons (Fsp3) is 0.526. The second kappa shape index (κ2) is 6.15. The summed E-state index contributed by atoms with van der Waals surface area (Å²) < 4.78 is 5.77. The van der Waals surface area contributed by atoms with Gasteiger partial charge in [-0.1, -0.05) is 38.1 Å². The van der Waals surface area contributed by atoms with Crippen LogP contribution in [0.25, 0.3) is 0 Å². The van der Waals surface area contributed by atoms with Gasteiger partial charge in [-0.3, -0.25) is 4.79 Å². The van der Waals surface area contributed by atoms with Gasteiger partial charge in [-0.25, -0.2) is 0 Å². The molecule has 2 aliphatic carbocycles. The Morgan fingerprint density at radius 3 is 2.41 bits per heavy atom. The van der Waals surface area contributed by atoms with Gasteiger partial charge < -0.3 is 10.1 Å². The average molecular weight is 299 g/mol. The van der Waals surface area contributed by atoms with E-state index < -0.39 is 6.10 Å². The minimum absolute atomic E-state index is 0.0149. The van der Waals surface area contributed by atoms with Crippen LogP contribution in [-0.2, 0) is 4.79 Å². The zero-order valence-corrected chi connectivity index (χ0v) is 13.6. The van der Waals surface area contributed by atoms with Crippen LogP contribution >= 0.6 is 0 Å². The first kappa shape index (κ1) is 15.1. The smallest absolute Gasteiger partial charge is 0.261 e. The van der Waals surface area contributed by atoms with E-state index in [2.05, 4.69) is 43.4 Å². The summed E-state index contributed by atoms with van der Waals surface area (Å²) >= 11 is 0. The predicted molar refractivity (Wildman–Crippen MR) is 87.9 cm³/mol. The van der Waals surface area contributed by atoms with E-state index in [1.54, 1.807) is 0 Å². The van der Waals surface area contributed by atoms with Crippen LogP contribution in [0, 0.1) is 11.8 Å². The van der Waals surface area contributed by atoms with E-state index in [-0.39, 0.29) is 11.9 Å². The van der Waals surface area contributed by atoms with E-state index in [9.17, 15) is 4.79 Å². The highest BCUT2D eigenvalue weighted by molar-refractivity contribution is 5.81. The summed E-state index contributed by atoms with van der Waals surface area (Å²) in [7, 11) is 0. The first-order valence-corrected chi connectivity index (χ1v) is 8.28. The van der Waals surface area contributed by atoms with Gasteiger partial charge in [-0.15, -0.1) is 0 Å². The molecule has 22 heavy (non-hydrogen) atoms. The molecule has 1 fully saturated rings. The Balaban J connectivity index is 1.53. The van der Waals surface area contributed by atoms with Crippen molar-refractivity contribution in [2.24, 2.45) is 11.8 Å². The lowest BCUT2D eigenvalue weighted by Crippen LogP contribution is -2.44. The lowest BCUT2D eigenvalue weighted by molar-refractivity contribution is -0.128.